The maximum absolute atomic E-state index is 12.5. The van der Waals surface area contributed by atoms with Gasteiger partial charge >= 0.3 is 6.03 Å². The highest BCUT2D eigenvalue weighted by atomic mass is 35.5. The maximum atomic E-state index is 12.5. The number of carbonyl (C=O) groups is 1. The monoisotopic (exact) mass is 371 g/mol. The van der Waals surface area contributed by atoms with E-state index in [4.69, 9.17) is 16.0 Å². The molecule has 0 aliphatic heterocycles. The summed E-state index contributed by atoms with van der Waals surface area (Å²) < 4.78 is 5.69. The number of urea groups is 1. The zero-order valence-corrected chi connectivity index (χ0v) is 15.0. The van der Waals surface area contributed by atoms with Gasteiger partial charge in [-0.25, -0.2) is 4.79 Å². The standard InChI is InChI=1S/C18H18ClN5O2/c1-2-10-24(18(25)21-13-6-5-9-20-11-13)12-16-22-23-17(26-16)14-7-3-4-8-15(14)19/h3-9,11H,2,10,12H2,1H3,(H,21,25). The lowest BCUT2D eigenvalue weighted by Crippen LogP contribution is -2.35. The molecular weight excluding hydrogens is 354 g/mol. The van der Waals surface area contributed by atoms with Gasteiger partial charge in [-0.05, 0) is 30.7 Å². The first-order valence-electron chi connectivity index (χ1n) is 8.20. The molecule has 0 spiro atoms. The number of nitrogens with one attached hydrogen (secondary N) is 1. The van der Waals surface area contributed by atoms with Crippen LogP contribution in [-0.4, -0.2) is 32.7 Å². The summed E-state index contributed by atoms with van der Waals surface area (Å²) in [5.74, 6) is 0.671. The zero-order valence-electron chi connectivity index (χ0n) is 14.2. The van der Waals surface area contributed by atoms with E-state index in [0.717, 1.165) is 6.42 Å². The number of aromatic nitrogens is 3. The van der Waals surface area contributed by atoms with Crippen molar-refractivity contribution in [3.8, 4) is 11.5 Å². The highest BCUT2D eigenvalue weighted by molar-refractivity contribution is 6.33. The van der Waals surface area contributed by atoms with Gasteiger partial charge < -0.3 is 14.6 Å². The van der Waals surface area contributed by atoms with Gasteiger partial charge in [0.2, 0.25) is 11.8 Å². The number of carbonyl (C=O) groups excluding carboxylic acids is 1. The molecule has 2 heterocycles. The molecule has 26 heavy (non-hydrogen) atoms. The topological polar surface area (TPSA) is 84.2 Å². The van der Waals surface area contributed by atoms with Gasteiger partial charge in [0.25, 0.3) is 0 Å². The molecule has 0 fully saturated rings. The second-order valence-corrected chi connectivity index (χ2v) is 5.98. The third-order valence-corrected chi connectivity index (χ3v) is 3.92. The summed E-state index contributed by atoms with van der Waals surface area (Å²) in [5, 5.41) is 11.4. The fourth-order valence-corrected chi connectivity index (χ4v) is 2.60. The molecule has 0 bridgehead atoms. The number of halogens is 1. The van der Waals surface area contributed by atoms with Crippen LogP contribution in [0.5, 0.6) is 0 Å². The van der Waals surface area contributed by atoms with Gasteiger partial charge in [-0.1, -0.05) is 30.7 Å². The van der Waals surface area contributed by atoms with Crippen LogP contribution in [-0.2, 0) is 6.54 Å². The number of amides is 2. The van der Waals surface area contributed by atoms with Crippen LogP contribution in [0.3, 0.4) is 0 Å². The summed E-state index contributed by atoms with van der Waals surface area (Å²) in [6.45, 7) is 2.75. The maximum Gasteiger partial charge on any atom is 0.322 e. The number of hydrogen-bond donors (Lipinski definition) is 1. The quantitative estimate of drug-likeness (QED) is 0.700. The van der Waals surface area contributed by atoms with Crippen molar-refractivity contribution in [2.24, 2.45) is 0 Å². The van der Waals surface area contributed by atoms with Crippen molar-refractivity contribution in [1.29, 1.82) is 0 Å². The second-order valence-electron chi connectivity index (χ2n) is 5.57. The number of nitrogens with zero attached hydrogens (tertiary/aromatic N) is 4. The van der Waals surface area contributed by atoms with Gasteiger partial charge in [0.05, 0.1) is 22.5 Å². The Bertz CT molecular complexity index is 869. The number of benzene rings is 1. The van der Waals surface area contributed by atoms with Crippen LogP contribution < -0.4 is 5.32 Å². The van der Waals surface area contributed by atoms with E-state index in [1.54, 1.807) is 41.6 Å². The summed E-state index contributed by atoms with van der Waals surface area (Å²) in [6, 6.07) is 10.5. The smallest absolute Gasteiger partial charge is 0.322 e. The largest absolute Gasteiger partial charge is 0.419 e. The SMILES string of the molecule is CCCN(Cc1nnc(-c2ccccc2Cl)o1)C(=O)Nc1cccnc1. The molecule has 0 atom stereocenters. The Morgan fingerprint density at radius 3 is 2.81 bits per heavy atom. The van der Waals surface area contributed by atoms with Gasteiger partial charge in [-0.15, -0.1) is 10.2 Å². The third-order valence-electron chi connectivity index (χ3n) is 3.59. The Morgan fingerprint density at radius 1 is 1.23 bits per heavy atom. The van der Waals surface area contributed by atoms with E-state index < -0.39 is 0 Å². The van der Waals surface area contributed by atoms with E-state index in [9.17, 15) is 4.79 Å². The fourth-order valence-electron chi connectivity index (χ4n) is 2.39. The molecular formula is C18H18ClN5O2. The van der Waals surface area contributed by atoms with E-state index in [-0.39, 0.29) is 12.6 Å². The summed E-state index contributed by atoms with van der Waals surface area (Å²) >= 11 is 6.16. The molecule has 2 aromatic heterocycles. The van der Waals surface area contributed by atoms with Crippen molar-refractivity contribution in [2.45, 2.75) is 19.9 Å². The van der Waals surface area contributed by atoms with Crippen LogP contribution in [0, 0.1) is 0 Å². The number of hydrogen-bond acceptors (Lipinski definition) is 5. The zero-order chi connectivity index (χ0) is 18.4. The van der Waals surface area contributed by atoms with E-state index in [2.05, 4.69) is 20.5 Å². The Labute approximate surface area is 156 Å². The minimum atomic E-state index is -0.252. The van der Waals surface area contributed by atoms with Gasteiger partial charge in [-0.3, -0.25) is 4.98 Å². The van der Waals surface area contributed by atoms with E-state index in [1.165, 1.54) is 0 Å². The first-order chi connectivity index (χ1) is 12.7. The van der Waals surface area contributed by atoms with E-state index >= 15 is 0 Å². The average Bonchev–Trinajstić information content (AvgIpc) is 3.11. The van der Waals surface area contributed by atoms with E-state index in [1.807, 2.05) is 19.1 Å². The number of anilines is 1. The summed E-state index contributed by atoms with van der Waals surface area (Å²) in [6.07, 6.45) is 4.03. The molecule has 0 aliphatic rings. The minimum Gasteiger partial charge on any atom is -0.419 e. The van der Waals surface area contributed by atoms with Crippen LogP contribution >= 0.6 is 11.6 Å². The Hall–Kier alpha value is -2.93. The summed E-state index contributed by atoms with van der Waals surface area (Å²) in [5.41, 5.74) is 1.29. The van der Waals surface area contributed by atoms with Crippen molar-refractivity contribution in [1.82, 2.24) is 20.1 Å². The molecule has 0 saturated carbocycles. The van der Waals surface area contributed by atoms with Crippen molar-refractivity contribution in [3.63, 3.8) is 0 Å². The Morgan fingerprint density at radius 2 is 2.08 bits per heavy atom. The molecule has 3 aromatic rings. The molecule has 134 valence electrons. The van der Waals surface area contributed by atoms with Crippen LogP contribution in [0.25, 0.3) is 11.5 Å². The molecule has 3 rings (SSSR count). The van der Waals surface area contributed by atoms with Crippen molar-refractivity contribution >= 4 is 23.3 Å². The predicted octanol–water partition coefficient (Wildman–Crippen LogP) is 4.23. The lowest BCUT2D eigenvalue weighted by Gasteiger charge is -2.20. The average molecular weight is 372 g/mol. The Balaban J connectivity index is 1.72. The van der Waals surface area contributed by atoms with Crippen LogP contribution in [0.4, 0.5) is 10.5 Å². The molecule has 0 unspecified atom stereocenters. The lowest BCUT2D eigenvalue weighted by atomic mass is 10.2. The summed E-state index contributed by atoms with van der Waals surface area (Å²) in [7, 11) is 0. The molecule has 0 radical (unpaired) electrons. The van der Waals surface area contributed by atoms with Crippen LogP contribution in [0.1, 0.15) is 19.2 Å². The molecule has 0 saturated heterocycles. The van der Waals surface area contributed by atoms with E-state index in [0.29, 0.717) is 34.6 Å². The van der Waals surface area contributed by atoms with Crippen molar-refractivity contribution < 1.29 is 9.21 Å². The molecule has 1 aromatic carbocycles. The van der Waals surface area contributed by atoms with Gasteiger partial charge in [0.15, 0.2) is 0 Å². The van der Waals surface area contributed by atoms with Crippen LogP contribution in [0.2, 0.25) is 5.02 Å². The lowest BCUT2D eigenvalue weighted by molar-refractivity contribution is 0.203. The first kappa shape index (κ1) is 17.9. The molecule has 8 heteroatoms. The van der Waals surface area contributed by atoms with Gasteiger partial charge in [0.1, 0.15) is 6.54 Å². The molecule has 1 N–H and O–H groups in total. The highest BCUT2D eigenvalue weighted by Gasteiger charge is 2.18. The normalized spacial score (nSPS) is 10.5. The van der Waals surface area contributed by atoms with Crippen molar-refractivity contribution in [2.75, 3.05) is 11.9 Å². The van der Waals surface area contributed by atoms with Crippen molar-refractivity contribution in [3.05, 3.63) is 59.7 Å². The molecule has 7 nitrogen and oxygen atoms in total. The fraction of sp³-hybridized carbons (Fsp3) is 0.222. The Kier molecular flexibility index (Phi) is 5.80. The van der Waals surface area contributed by atoms with Crippen LogP contribution in [0.15, 0.2) is 53.2 Å². The molecule has 0 aliphatic carbocycles. The summed E-state index contributed by atoms with van der Waals surface area (Å²) in [4.78, 5) is 18.1. The predicted molar refractivity (Wildman–Crippen MR) is 98.7 cm³/mol. The third kappa shape index (κ3) is 4.37. The number of pyridine rings is 1. The van der Waals surface area contributed by atoms with Gasteiger partial charge in [-0.2, -0.15) is 0 Å². The number of rotatable bonds is 6. The molecule has 2 amide bonds. The minimum absolute atomic E-state index is 0.206. The highest BCUT2D eigenvalue weighted by Crippen LogP contribution is 2.26. The second kappa shape index (κ2) is 8.44. The van der Waals surface area contributed by atoms with Gasteiger partial charge in [0, 0.05) is 12.7 Å². The first-order valence-corrected chi connectivity index (χ1v) is 8.58.